The maximum Gasteiger partial charge on any atom is 0.408 e. The average Bonchev–Trinajstić information content (AvgIpc) is 3.72. The number of amides is 3. The zero-order chi connectivity index (χ0) is 27.7. The third kappa shape index (κ3) is 6.71. The van der Waals surface area contributed by atoms with Crippen LogP contribution in [0.25, 0.3) is 0 Å². The van der Waals surface area contributed by atoms with Crippen LogP contribution in [0.5, 0.6) is 0 Å². The number of allylic oxidation sites excluding steroid dienone is 1. The monoisotopic (exact) mass is 550 g/mol. The van der Waals surface area contributed by atoms with Gasteiger partial charge in [-0.1, -0.05) is 31.6 Å². The van der Waals surface area contributed by atoms with Gasteiger partial charge in [-0.2, -0.15) is 0 Å². The van der Waals surface area contributed by atoms with E-state index in [1.54, 1.807) is 20.8 Å². The van der Waals surface area contributed by atoms with Crippen LogP contribution in [0.3, 0.4) is 0 Å². The number of hydrogen-bond donors (Lipinski definition) is 3. The van der Waals surface area contributed by atoms with Gasteiger partial charge in [-0.05, 0) is 72.1 Å². The van der Waals surface area contributed by atoms with E-state index in [0.717, 1.165) is 32.1 Å². The Morgan fingerprint density at radius 3 is 2.55 bits per heavy atom. The van der Waals surface area contributed by atoms with Crippen molar-refractivity contribution in [3.63, 3.8) is 0 Å². The number of hydrogen-bond acceptors (Lipinski definition) is 7. The fraction of sp³-hybridized carbons (Fsp3) is 0.741. The number of nitrogens with one attached hydrogen (secondary N) is 3. The molecule has 3 amide bonds. The summed E-state index contributed by atoms with van der Waals surface area (Å²) in [5, 5.41) is 5.36. The van der Waals surface area contributed by atoms with Crippen LogP contribution in [-0.2, 0) is 24.3 Å². The van der Waals surface area contributed by atoms with Crippen molar-refractivity contribution >= 4 is 27.9 Å². The Balaban J connectivity index is 1.54. The predicted molar refractivity (Wildman–Crippen MR) is 143 cm³/mol. The van der Waals surface area contributed by atoms with Crippen LogP contribution in [0.4, 0.5) is 4.79 Å². The SMILES string of the molecule is C=C1[C@@H](NC(=O)OC(C)(C)C)CCCCC/C=C\[C@@H]2C[C@@]2(C(=O)NS(=O)(=O)C2CC2)NC(=O)[C@@H]2CCCN12. The second kappa shape index (κ2) is 10.9. The standard InChI is InChI=1S/C27H42N4O6S/c1-18-21(28-25(34)37-26(2,3)4)12-9-7-5-6-8-11-19-17-27(19,24(33)30-38(35,36)20-14-15-20)29-23(32)22-13-10-16-31(18)22/h8,11,19-22H,1,5-7,9-10,12-17H2,2-4H3,(H,28,34)(H,29,32)(H,30,33)/b11-8-/t19-,21+,22+,27-/m1/s1. The highest BCUT2D eigenvalue weighted by atomic mass is 32.2. The molecule has 0 spiro atoms. The van der Waals surface area contributed by atoms with Gasteiger partial charge in [0.2, 0.25) is 15.9 Å². The van der Waals surface area contributed by atoms with E-state index in [4.69, 9.17) is 4.74 Å². The van der Waals surface area contributed by atoms with Crippen molar-refractivity contribution in [1.29, 1.82) is 0 Å². The molecule has 2 aliphatic heterocycles. The number of sulfonamides is 1. The van der Waals surface area contributed by atoms with Gasteiger partial charge in [0, 0.05) is 18.2 Å². The van der Waals surface area contributed by atoms with Crippen LogP contribution in [0.1, 0.15) is 85.0 Å². The first kappa shape index (κ1) is 28.4. The van der Waals surface area contributed by atoms with Gasteiger partial charge >= 0.3 is 6.09 Å². The van der Waals surface area contributed by atoms with Crippen LogP contribution in [0.2, 0.25) is 0 Å². The Hall–Kier alpha value is -2.56. The van der Waals surface area contributed by atoms with E-state index in [1.165, 1.54) is 0 Å². The molecule has 3 N–H and O–H groups in total. The molecule has 0 aromatic rings. The number of nitrogens with zero attached hydrogens (tertiary/aromatic N) is 1. The molecule has 4 rings (SSSR count). The predicted octanol–water partition coefficient (Wildman–Crippen LogP) is 2.86. The van der Waals surface area contributed by atoms with E-state index in [-0.39, 0.29) is 11.8 Å². The summed E-state index contributed by atoms with van der Waals surface area (Å²) in [5.74, 6) is -1.25. The molecular weight excluding hydrogens is 508 g/mol. The van der Waals surface area contributed by atoms with Crippen molar-refractivity contribution in [1.82, 2.24) is 20.3 Å². The maximum atomic E-state index is 13.6. The minimum absolute atomic E-state index is 0.259. The molecule has 0 bridgehead atoms. The molecule has 10 nitrogen and oxygen atoms in total. The van der Waals surface area contributed by atoms with Crippen LogP contribution in [-0.4, -0.2) is 66.2 Å². The van der Waals surface area contributed by atoms with Crippen LogP contribution in [0.15, 0.2) is 24.4 Å². The quantitative estimate of drug-likeness (QED) is 0.458. The van der Waals surface area contributed by atoms with Gasteiger partial charge in [0.15, 0.2) is 0 Å². The molecule has 4 aliphatic rings. The molecule has 212 valence electrons. The second-order valence-corrected chi connectivity index (χ2v) is 14.0. The summed E-state index contributed by atoms with van der Waals surface area (Å²) in [4.78, 5) is 41.4. The Morgan fingerprint density at radius 1 is 1.13 bits per heavy atom. The zero-order valence-corrected chi connectivity index (χ0v) is 23.6. The second-order valence-electron chi connectivity index (χ2n) is 12.1. The summed E-state index contributed by atoms with van der Waals surface area (Å²) in [5.41, 5.74) is -1.28. The van der Waals surface area contributed by atoms with E-state index >= 15 is 0 Å². The molecule has 4 atom stereocenters. The van der Waals surface area contributed by atoms with Gasteiger partial charge in [-0.25, -0.2) is 13.2 Å². The molecule has 3 fully saturated rings. The Bertz CT molecular complexity index is 1090. The molecule has 0 aromatic heterocycles. The normalized spacial score (nSPS) is 31.6. The molecule has 2 aliphatic carbocycles. The Labute approximate surface area is 226 Å². The molecule has 11 heteroatoms. The lowest BCUT2D eigenvalue weighted by molar-refractivity contribution is -0.131. The van der Waals surface area contributed by atoms with Crippen molar-refractivity contribution < 1.29 is 27.5 Å². The van der Waals surface area contributed by atoms with Crippen LogP contribution in [0, 0.1) is 5.92 Å². The summed E-state index contributed by atoms with van der Waals surface area (Å²) in [6.45, 7) is 10.3. The Morgan fingerprint density at radius 2 is 1.87 bits per heavy atom. The highest BCUT2D eigenvalue weighted by Crippen LogP contribution is 2.46. The van der Waals surface area contributed by atoms with Crippen molar-refractivity contribution in [3.05, 3.63) is 24.4 Å². The molecule has 38 heavy (non-hydrogen) atoms. The summed E-state index contributed by atoms with van der Waals surface area (Å²) >= 11 is 0. The largest absolute Gasteiger partial charge is 0.444 e. The molecular formula is C27H42N4O6S. The lowest BCUT2D eigenvalue weighted by Gasteiger charge is -2.34. The van der Waals surface area contributed by atoms with Gasteiger partial charge in [0.1, 0.15) is 17.2 Å². The van der Waals surface area contributed by atoms with Gasteiger partial charge in [-0.3, -0.25) is 14.3 Å². The third-order valence-corrected chi connectivity index (χ3v) is 9.53. The number of ether oxygens (including phenoxy) is 1. The van der Waals surface area contributed by atoms with E-state index in [2.05, 4.69) is 21.9 Å². The summed E-state index contributed by atoms with van der Waals surface area (Å²) in [7, 11) is -3.74. The van der Waals surface area contributed by atoms with E-state index in [1.807, 2.05) is 17.1 Å². The molecule has 2 saturated carbocycles. The first-order chi connectivity index (χ1) is 17.8. The Kier molecular flexibility index (Phi) is 8.16. The summed E-state index contributed by atoms with van der Waals surface area (Å²) in [6, 6.07) is -0.959. The minimum atomic E-state index is -3.74. The summed E-state index contributed by atoms with van der Waals surface area (Å²) < 4.78 is 32.7. The van der Waals surface area contributed by atoms with Gasteiger partial charge in [0.05, 0.1) is 11.3 Å². The fourth-order valence-electron chi connectivity index (χ4n) is 5.37. The van der Waals surface area contributed by atoms with E-state index in [9.17, 15) is 22.8 Å². The molecule has 1 saturated heterocycles. The number of rotatable bonds is 4. The van der Waals surface area contributed by atoms with Gasteiger partial charge < -0.3 is 20.3 Å². The van der Waals surface area contributed by atoms with Crippen molar-refractivity contribution in [3.8, 4) is 0 Å². The van der Waals surface area contributed by atoms with Gasteiger partial charge in [-0.15, -0.1) is 0 Å². The molecule has 2 heterocycles. The van der Waals surface area contributed by atoms with E-state index in [0.29, 0.717) is 44.3 Å². The highest BCUT2D eigenvalue weighted by molar-refractivity contribution is 7.91. The number of alkyl carbamates (subject to hydrolysis) is 1. The highest BCUT2D eigenvalue weighted by Gasteiger charge is 2.61. The lowest BCUT2D eigenvalue weighted by Crippen LogP contribution is -2.56. The van der Waals surface area contributed by atoms with Crippen molar-refractivity contribution in [2.24, 2.45) is 5.92 Å². The molecule has 0 aromatic carbocycles. The average molecular weight is 551 g/mol. The molecule has 0 unspecified atom stereocenters. The minimum Gasteiger partial charge on any atom is -0.444 e. The third-order valence-electron chi connectivity index (χ3n) is 7.71. The van der Waals surface area contributed by atoms with Crippen LogP contribution >= 0.6 is 0 Å². The maximum absolute atomic E-state index is 13.6. The fourth-order valence-corrected chi connectivity index (χ4v) is 6.73. The van der Waals surface area contributed by atoms with E-state index < -0.39 is 50.5 Å². The zero-order valence-electron chi connectivity index (χ0n) is 22.8. The summed E-state index contributed by atoms with van der Waals surface area (Å²) in [6.07, 6.45) is 10.4. The van der Waals surface area contributed by atoms with Crippen LogP contribution < -0.4 is 15.4 Å². The smallest absolute Gasteiger partial charge is 0.408 e. The first-order valence-electron chi connectivity index (χ1n) is 13.8. The lowest BCUT2D eigenvalue weighted by atomic mass is 10.0. The molecule has 0 radical (unpaired) electrons. The van der Waals surface area contributed by atoms with Gasteiger partial charge in [0.25, 0.3) is 5.91 Å². The number of fused-ring (bicyclic) bond motifs is 2. The van der Waals surface area contributed by atoms with Crippen molar-refractivity contribution in [2.75, 3.05) is 6.54 Å². The van der Waals surface area contributed by atoms with Crippen molar-refractivity contribution in [2.45, 2.75) is 113 Å². The first-order valence-corrected chi connectivity index (χ1v) is 15.4. The number of carbonyl (C=O) groups is 3. The topological polar surface area (TPSA) is 134 Å². The number of carbonyl (C=O) groups excluding carboxylic acids is 3.